The number of methoxy groups -OCH3 is 6. The maximum Gasteiger partial charge on any atom is 0.158 e. The zero-order valence-corrected chi connectivity index (χ0v) is 39.7. The van der Waals surface area contributed by atoms with Gasteiger partial charge in [0.1, 0.15) is 12.2 Å². The Labute approximate surface area is 364 Å². The highest BCUT2D eigenvalue weighted by molar-refractivity contribution is 5.19. The predicted octanol–water partition coefficient (Wildman–Crippen LogP) is 9.09. The summed E-state index contributed by atoms with van der Waals surface area (Å²) in [6, 6.07) is 0. The molecule has 346 valence electrons. The van der Waals surface area contributed by atoms with E-state index in [1.807, 2.05) is 7.11 Å². The van der Waals surface area contributed by atoms with Crippen LogP contribution in [0.4, 0.5) is 0 Å². The summed E-state index contributed by atoms with van der Waals surface area (Å²) in [4.78, 5) is 0. The molecule has 2 aliphatic heterocycles. The fourth-order valence-corrected chi connectivity index (χ4v) is 11.1. The van der Waals surface area contributed by atoms with E-state index < -0.39 is 6.10 Å². The van der Waals surface area contributed by atoms with Gasteiger partial charge in [-0.25, -0.2) is 0 Å². The standard InChI is InChI=1S/C50H86O10/c1-14-41(53-8)34(6)37-22-24-39(37)46(51)31(3)18-16-20-33(5)49-50(58-13)36(29-45(57-12)60-49)21-26-42(54-9)35(7)38-23-25-40(38)47(52)30(2)17-15-19-32(4)48-43(55-10)27-28-44(56-11)59-48/h15-20,30-31,34-52H,14,21-29H2,1-13H3/b17-15+,18-16+,32-19+,33-20+/t30-,31-,34-,35-,36?,37+,38+,39-,40-,41-,42-,43+,44+,45+,46+,47+,48-,49-,50-/m0/s1. The molecular weight excluding hydrogens is 761 g/mol. The van der Waals surface area contributed by atoms with E-state index in [4.69, 9.17) is 37.9 Å². The Morgan fingerprint density at radius 1 is 0.617 bits per heavy atom. The number of ether oxygens (including phenoxy) is 8. The van der Waals surface area contributed by atoms with Crippen molar-refractivity contribution in [2.75, 3.05) is 42.7 Å². The summed E-state index contributed by atoms with van der Waals surface area (Å²) in [5.74, 6) is 2.42. The van der Waals surface area contributed by atoms with Crippen molar-refractivity contribution in [2.45, 2.75) is 174 Å². The third-order valence-electron chi connectivity index (χ3n) is 15.5. The molecule has 0 amide bonds. The van der Waals surface area contributed by atoms with Crippen LogP contribution in [-0.4, -0.2) is 114 Å². The number of aliphatic hydroxyl groups is 2. The van der Waals surface area contributed by atoms with E-state index in [9.17, 15) is 10.2 Å². The van der Waals surface area contributed by atoms with Crippen molar-refractivity contribution < 1.29 is 48.1 Å². The van der Waals surface area contributed by atoms with Crippen LogP contribution in [-0.2, 0) is 37.9 Å². The van der Waals surface area contributed by atoms with E-state index in [-0.39, 0.29) is 79.0 Å². The van der Waals surface area contributed by atoms with Gasteiger partial charge in [0, 0.05) is 67.3 Å². The van der Waals surface area contributed by atoms with E-state index in [2.05, 4.69) is 84.9 Å². The molecule has 1 unspecified atom stereocenters. The summed E-state index contributed by atoms with van der Waals surface area (Å²) in [5, 5.41) is 23.0. The van der Waals surface area contributed by atoms with Crippen molar-refractivity contribution in [2.24, 2.45) is 53.3 Å². The summed E-state index contributed by atoms with van der Waals surface area (Å²) in [6.07, 6.45) is 20.6. The van der Waals surface area contributed by atoms with Gasteiger partial charge in [0.05, 0.1) is 36.6 Å². The van der Waals surface area contributed by atoms with Gasteiger partial charge in [-0.05, 0) is 118 Å². The minimum absolute atomic E-state index is 0.00348. The van der Waals surface area contributed by atoms with Crippen LogP contribution in [0.15, 0.2) is 47.6 Å². The molecule has 2 saturated carbocycles. The second-order valence-corrected chi connectivity index (χ2v) is 18.8. The molecule has 2 saturated heterocycles. The first-order valence-corrected chi connectivity index (χ1v) is 23.3. The molecule has 0 bridgehead atoms. The third-order valence-corrected chi connectivity index (χ3v) is 15.5. The van der Waals surface area contributed by atoms with Crippen LogP contribution in [0.3, 0.4) is 0 Å². The number of allylic oxidation sites excluding steroid dienone is 4. The van der Waals surface area contributed by atoms with Gasteiger partial charge in [0.2, 0.25) is 0 Å². The molecule has 0 aromatic heterocycles. The number of rotatable bonds is 24. The first kappa shape index (κ1) is 51.2. The van der Waals surface area contributed by atoms with Crippen molar-refractivity contribution >= 4 is 0 Å². The van der Waals surface area contributed by atoms with Crippen molar-refractivity contribution in [3.63, 3.8) is 0 Å². The maximum absolute atomic E-state index is 11.6. The van der Waals surface area contributed by atoms with Crippen LogP contribution in [0.25, 0.3) is 0 Å². The fraction of sp³-hybridized carbons (Fsp3) is 0.840. The van der Waals surface area contributed by atoms with Crippen molar-refractivity contribution in [1.82, 2.24) is 0 Å². The Morgan fingerprint density at radius 3 is 1.57 bits per heavy atom. The molecule has 0 radical (unpaired) electrons. The number of hydrogen-bond acceptors (Lipinski definition) is 10. The van der Waals surface area contributed by atoms with Gasteiger partial charge in [0.15, 0.2) is 12.6 Å². The van der Waals surface area contributed by atoms with Crippen molar-refractivity contribution in [3.8, 4) is 0 Å². The molecule has 0 aromatic rings. The smallest absolute Gasteiger partial charge is 0.158 e. The summed E-state index contributed by atoms with van der Waals surface area (Å²) < 4.78 is 47.8. The van der Waals surface area contributed by atoms with Gasteiger partial charge in [-0.2, -0.15) is 0 Å². The summed E-state index contributed by atoms with van der Waals surface area (Å²) in [6.45, 7) is 15.2. The second kappa shape index (κ2) is 25.2. The minimum Gasteiger partial charge on any atom is -0.392 e. The Kier molecular flexibility index (Phi) is 21.5. The highest BCUT2D eigenvalue weighted by Gasteiger charge is 2.45. The Morgan fingerprint density at radius 2 is 1.12 bits per heavy atom. The molecule has 10 heteroatoms. The van der Waals surface area contributed by atoms with Crippen LogP contribution in [0, 0.1) is 53.3 Å². The lowest BCUT2D eigenvalue weighted by molar-refractivity contribution is -0.225. The topological polar surface area (TPSA) is 114 Å². The van der Waals surface area contributed by atoms with Gasteiger partial charge < -0.3 is 48.1 Å². The van der Waals surface area contributed by atoms with Gasteiger partial charge in [-0.3, -0.25) is 0 Å². The number of aliphatic hydroxyl groups excluding tert-OH is 2. The van der Waals surface area contributed by atoms with Gasteiger partial charge in [-0.1, -0.05) is 71.1 Å². The van der Waals surface area contributed by atoms with E-state index in [0.29, 0.717) is 29.6 Å². The molecular formula is C50H86O10. The SMILES string of the molecule is CC[C@H](OC)[C@@H](C)[C@H]1CC[C@@H]1[C@H](O)[C@@H](C)/C=C/C=C(\C)[C@@H]1O[C@@H](OC)CC(CC[C@H](OC)[C@@H](C)[C@H]2CC[C@@H]2[C@H](O)[C@@H](C)/C=C/C=C(\C)[C@@H]2O[C@@H](OC)CC[C@H]2OC)[C@@H]1OC. The summed E-state index contributed by atoms with van der Waals surface area (Å²) >= 11 is 0. The molecule has 0 spiro atoms. The first-order valence-electron chi connectivity index (χ1n) is 23.3. The maximum atomic E-state index is 11.6. The normalized spacial score (nSPS) is 36.0. The lowest BCUT2D eigenvalue weighted by atomic mass is 9.62. The predicted molar refractivity (Wildman–Crippen MR) is 238 cm³/mol. The van der Waals surface area contributed by atoms with Crippen LogP contribution >= 0.6 is 0 Å². The van der Waals surface area contributed by atoms with Crippen LogP contribution in [0.5, 0.6) is 0 Å². The van der Waals surface area contributed by atoms with E-state index in [0.717, 1.165) is 75.4 Å². The lowest BCUT2D eigenvalue weighted by Gasteiger charge is -2.47. The Hall–Kier alpha value is -1.44. The van der Waals surface area contributed by atoms with Gasteiger partial charge in [-0.15, -0.1) is 0 Å². The molecule has 0 aromatic carbocycles. The lowest BCUT2D eigenvalue weighted by Crippen LogP contribution is -2.48. The van der Waals surface area contributed by atoms with Gasteiger partial charge >= 0.3 is 0 Å². The molecule has 10 nitrogen and oxygen atoms in total. The molecule has 2 aliphatic carbocycles. The molecule has 4 aliphatic rings. The minimum atomic E-state index is -0.427. The van der Waals surface area contributed by atoms with Crippen LogP contribution in [0.1, 0.15) is 113 Å². The number of hydrogen-bond donors (Lipinski definition) is 2. The monoisotopic (exact) mass is 847 g/mol. The van der Waals surface area contributed by atoms with Crippen molar-refractivity contribution in [3.05, 3.63) is 47.6 Å². The van der Waals surface area contributed by atoms with Crippen molar-refractivity contribution in [1.29, 1.82) is 0 Å². The summed E-state index contributed by atoms with van der Waals surface area (Å²) in [5.41, 5.74) is 2.16. The largest absolute Gasteiger partial charge is 0.392 e. The van der Waals surface area contributed by atoms with Crippen LogP contribution < -0.4 is 0 Å². The zero-order valence-electron chi connectivity index (χ0n) is 39.7. The van der Waals surface area contributed by atoms with Gasteiger partial charge in [0.25, 0.3) is 0 Å². The van der Waals surface area contributed by atoms with E-state index >= 15 is 0 Å². The fourth-order valence-electron chi connectivity index (χ4n) is 11.1. The third kappa shape index (κ3) is 12.9. The molecule has 19 atom stereocenters. The summed E-state index contributed by atoms with van der Waals surface area (Å²) in [7, 11) is 10.5. The van der Waals surface area contributed by atoms with E-state index in [1.165, 1.54) is 0 Å². The highest BCUT2D eigenvalue weighted by atomic mass is 16.7. The average molecular weight is 847 g/mol. The highest BCUT2D eigenvalue weighted by Crippen LogP contribution is 2.47. The Balaban J connectivity index is 1.33. The average Bonchev–Trinajstić information content (AvgIpc) is 3.22. The first-order chi connectivity index (χ1) is 28.8. The molecule has 4 fully saturated rings. The molecule has 60 heavy (non-hydrogen) atoms. The van der Waals surface area contributed by atoms with Crippen LogP contribution in [0.2, 0.25) is 0 Å². The Bertz CT molecular complexity index is 1360. The second-order valence-electron chi connectivity index (χ2n) is 18.8. The molecule has 2 N–H and O–H groups in total. The molecule has 4 rings (SSSR count). The quantitative estimate of drug-likeness (QED) is 0.0913. The van der Waals surface area contributed by atoms with E-state index in [1.54, 1.807) is 35.5 Å². The molecule has 2 heterocycles. The zero-order chi connectivity index (χ0) is 44.1.